The molecule has 1 N–H and O–H groups in total. The summed E-state index contributed by atoms with van der Waals surface area (Å²) in [4.78, 5) is 11.3. The highest BCUT2D eigenvalue weighted by atomic mass is 35.5. The molecule has 3 aromatic heterocycles. The number of ether oxygens (including phenoxy) is 1. The van der Waals surface area contributed by atoms with Crippen LogP contribution in [0.25, 0.3) is 5.82 Å². The van der Waals surface area contributed by atoms with Crippen molar-refractivity contribution >= 4 is 28.9 Å². The first-order valence-corrected chi connectivity index (χ1v) is 10.2. The highest BCUT2D eigenvalue weighted by Gasteiger charge is 2.41. The normalized spacial score (nSPS) is 18.8. The third kappa shape index (κ3) is 4.12. The van der Waals surface area contributed by atoms with E-state index < -0.39 is 0 Å². The van der Waals surface area contributed by atoms with Crippen molar-refractivity contribution in [2.45, 2.75) is 18.5 Å². The van der Waals surface area contributed by atoms with Crippen molar-refractivity contribution in [2.24, 2.45) is 0 Å². The quantitative estimate of drug-likeness (QED) is 0.455. The van der Waals surface area contributed by atoms with Crippen LogP contribution in [0.2, 0.25) is 5.02 Å². The zero-order chi connectivity index (χ0) is 20.2. The number of nitrogens with zero attached hydrogens (tertiary/aromatic N) is 4. The van der Waals surface area contributed by atoms with E-state index in [1.807, 2.05) is 48.8 Å². The highest BCUT2D eigenvalue weighted by Crippen LogP contribution is 2.39. The maximum Gasteiger partial charge on any atom is 0.170 e. The summed E-state index contributed by atoms with van der Waals surface area (Å²) in [7, 11) is 1.71. The Morgan fingerprint density at radius 3 is 2.79 bits per heavy atom. The maximum absolute atomic E-state index is 6.03. The Bertz CT molecular complexity index is 963. The van der Waals surface area contributed by atoms with Gasteiger partial charge in [0.25, 0.3) is 0 Å². The Morgan fingerprint density at radius 2 is 2.07 bits per heavy atom. The van der Waals surface area contributed by atoms with E-state index in [2.05, 4.69) is 30.8 Å². The van der Waals surface area contributed by atoms with Crippen LogP contribution in [-0.2, 0) is 4.74 Å². The minimum atomic E-state index is -0.0628. The van der Waals surface area contributed by atoms with Crippen molar-refractivity contribution in [2.75, 3.05) is 20.3 Å². The predicted octanol–water partition coefficient (Wildman–Crippen LogP) is 3.93. The monoisotopic (exact) mass is 427 g/mol. The molecule has 0 radical (unpaired) electrons. The largest absolute Gasteiger partial charge is 0.385 e. The Balaban J connectivity index is 1.75. The molecule has 0 aliphatic carbocycles. The number of hydrogen-bond donors (Lipinski definition) is 1. The number of aromatic nitrogens is 3. The van der Waals surface area contributed by atoms with Gasteiger partial charge < -0.3 is 19.5 Å². The number of thiocarbonyl (C=S) groups is 1. The molecule has 6 nitrogen and oxygen atoms in total. The molecule has 1 saturated heterocycles. The number of rotatable bonds is 7. The summed E-state index contributed by atoms with van der Waals surface area (Å²) in [5.74, 6) is 0.809. The van der Waals surface area contributed by atoms with Crippen molar-refractivity contribution in [1.29, 1.82) is 0 Å². The molecule has 0 unspecified atom stereocenters. The fraction of sp³-hybridized carbons (Fsp3) is 0.286. The standard InChI is InChI=1S/C21H22ClN5OS/c1-28-13-5-12-27-20(19(25-21(27)29)16-6-2-3-10-23-16)17-7-4-11-26(17)18-9-8-15(22)14-24-18/h2-4,6-11,14,19-20H,5,12-13H2,1H3,(H,25,29)/t19-,20+/m1/s1. The maximum atomic E-state index is 6.03. The molecular weight excluding hydrogens is 406 g/mol. The first-order valence-electron chi connectivity index (χ1n) is 9.45. The Kier molecular flexibility index (Phi) is 6.08. The summed E-state index contributed by atoms with van der Waals surface area (Å²) in [6, 6.07) is 13.7. The fourth-order valence-corrected chi connectivity index (χ4v) is 4.14. The SMILES string of the molecule is COCCCN1C(=S)N[C@H](c2ccccn2)[C@@H]1c1cccn1-c1ccc(Cl)cn1. The lowest BCUT2D eigenvalue weighted by molar-refractivity contribution is 0.180. The molecule has 8 heteroatoms. The molecule has 2 atom stereocenters. The average molecular weight is 428 g/mol. The van der Waals surface area contributed by atoms with Gasteiger partial charge in [0.2, 0.25) is 0 Å². The van der Waals surface area contributed by atoms with Gasteiger partial charge in [-0.1, -0.05) is 17.7 Å². The van der Waals surface area contributed by atoms with Crippen molar-refractivity contribution in [1.82, 2.24) is 24.8 Å². The Hall–Kier alpha value is -2.48. The van der Waals surface area contributed by atoms with Gasteiger partial charge in [-0.15, -0.1) is 0 Å². The smallest absolute Gasteiger partial charge is 0.170 e. The number of pyridine rings is 2. The van der Waals surface area contributed by atoms with Gasteiger partial charge in [-0.25, -0.2) is 4.98 Å². The molecule has 0 amide bonds. The lowest BCUT2D eigenvalue weighted by atomic mass is 10.0. The van der Waals surface area contributed by atoms with Crippen LogP contribution < -0.4 is 5.32 Å². The molecule has 4 rings (SSSR count). The van der Waals surface area contributed by atoms with Gasteiger partial charge in [-0.05, 0) is 55.0 Å². The van der Waals surface area contributed by atoms with E-state index >= 15 is 0 Å². The van der Waals surface area contributed by atoms with Crippen LogP contribution in [0.3, 0.4) is 0 Å². The van der Waals surface area contributed by atoms with E-state index in [0.717, 1.165) is 35.3 Å². The number of methoxy groups -OCH3 is 1. The van der Waals surface area contributed by atoms with Crippen LogP contribution in [0.5, 0.6) is 0 Å². The Morgan fingerprint density at radius 1 is 1.17 bits per heavy atom. The number of hydrogen-bond acceptors (Lipinski definition) is 4. The molecule has 1 fully saturated rings. The second kappa shape index (κ2) is 8.90. The molecule has 29 heavy (non-hydrogen) atoms. The predicted molar refractivity (Wildman–Crippen MR) is 117 cm³/mol. The van der Waals surface area contributed by atoms with E-state index in [1.165, 1.54) is 0 Å². The molecule has 0 saturated carbocycles. The summed E-state index contributed by atoms with van der Waals surface area (Å²) in [6.07, 6.45) is 6.36. The van der Waals surface area contributed by atoms with Crippen LogP contribution >= 0.6 is 23.8 Å². The molecular formula is C21H22ClN5OS. The van der Waals surface area contributed by atoms with E-state index in [-0.39, 0.29) is 12.1 Å². The number of nitrogens with one attached hydrogen (secondary N) is 1. The first kappa shape index (κ1) is 19.8. The first-order chi connectivity index (χ1) is 14.2. The molecule has 150 valence electrons. The van der Waals surface area contributed by atoms with Crippen molar-refractivity contribution in [3.8, 4) is 5.82 Å². The van der Waals surface area contributed by atoms with Gasteiger partial charge >= 0.3 is 0 Å². The molecule has 0 bridgehead atoms. The summed E-state index contributed by atoms with van der Waals surface area (Å²) in [5, 5.41) is 4.80. The summed E-state index contributed by atoms with van der Waals surface area (Å²) < 4.78 is 7.33. The molecule has 0 aromatic carbocycles. The zero-order valence-electron chi connectivity index (χ0n) is 16.0. The summed E-state index contributed by atoms with van der Waals surface area (Å²) in [5.41, 5.74) is 2.03. The van der Waals surface area contributed by atoms with Crippen LogP contribution in [0.4, 0.5) is 0 Å². The van der Waals surface area contributed by atoms with Gasteiger partial charge in [-0.3, -0.25) is 4.98 Å². The van der Waals surface area contributed by atoms with E-state index in [4.69, 9.17) is 28.6 Å². The third-order valence-corrected chi connectivity index (χ3v) is 5.56. The second-order valence-electron chi connectivity index (χ2n) is 6.80. The highest BCUT2D eigenvalue weighted by molar-refractivity contribution is 7.80. The molecule has 1 aliphatic heterocycles. The number of halogens is 1. The fourth-order valence-electron chi connectivity index (χ4n) is 3.70. The van der Waals surface area contributed by atoms with Gasteiger partial charge in [0.15, 0.2) is 5.11 Å². The zero-order valence-corrected chi connectivity index (χ0v) is 17.6. The van der Waals surface area contributed by atoms with Crippen LogP contribution in [-0.4, -0.2) is 44.8 Å². The Labute approximate surface area is 180 Å². The summed E-state index contributed by atoms with van der Waals surface area (Å²) >= 11 is 11.7. The molecule has 4 heterocycles. The lowest BCUT2D eigenvalue weighted by Gasteiger charge is -2.28. The van der Waals surface area contributed by atoms with Crippen molar-refractivity contribution in [3.63, 3.8) is 0 Å². The van der Waals surface area contributed by atoms with Gasteiger partial charge in [-0.2, -0.15) is 0 Å². The molecule has 3 aromatic rings. The topological polar surface area (TPSA) is 55.2 Å². The van der Waals surface area contributed by atoms with E-state index in [9.17, 15) is 0 Å². The van der Waals surface area contributed by atoms with Crippen molar-refractivity contribution < 1.29 is 4.74 Å². The van der Waals surface area contributed by atoms with Gasteiger partial charge in [0, 0.05) is 44.5 Å². The third-order valence-electron chi connectivity index (χ3n) is 4.99. The van der Waals surface area contributed by atoms with Crippen molar-refractivity contribution in [3.05, 3.63) is 77.5 Å². The summed E-state index contributed by atoms with van der Waals surface area (Å²) in [6.45, 7) is 1.47. The van der Waals surface area contributed by atoms with Gasteiger partial charge in [0.1, 0.15) is 5.82 Å². The second-order valence-corrected chi connectivity index (χ2v) is 7.63. The molecule has 1 aliphatic rings. The minimum Gasteiger partial charge on any atom is -0.385 e. The molecule has 0 spiro atoms. The van der Waals surface area contributed by atoms with Gasteiger partial charge in [0.05, 0.1) is 22.8 Å². The minimum absolute atomic E-state index is 0.0262. The van der Waals surface area contributed by atoms with E-state index in [0.29, 0.717) is 11.6 Å². The average Bonchev–Trinajstić information content (AvgIpc) is 3.34. The lowest BCUT2D eigenvalue weighted by Crippen LogP contribution is -2.32. The van der Waals surface area contributed by atoms with Crippen LogP contribution in [0.1, 0.15) is 29.9 Å². The van der Waals surface area contributed by atoms with E-state index in [1.54, 1.807) is 13.3 Å². The van der Waals surface area contributed by atoms with Crippen LogP contribution in [0, 0.1) is 0 Å². The van der Waals surface area contributed by atoms with Crippen LogP contribution in [0.15, 0.2) is 61.1 Å².